The molecule has 4 heteroatoms. The highest BCUT2D eigenvalue weighted by Gasteiger charge is 2.27. The number of carbonyl (C=O) groups is 1. The molecule has 1 aromatic carbocycles. The van der Waals surface area contributed by atoms with Crippen molar-refractivity contribution in [2.24, 2.45) is 0 Å². The largest absolute Gasteiger partial charge is 0.336 e. The lowest BCUT2D eigenvalue weighted by Crippen LogP contribution is -2.25. The Morgan fingerprint density at radius 2 is 2.07 bits per heavy atom. The van der Waals surface area contributed by atoms with Crippen molar-refractivity contribution >= 4 is 17.6 Å². The fourth-order valence-electron chi connectivity index (χ4n) is 1.61. The maximum absolute atomic E-state index is 11.2. The molecule has 0 aromatic heterocycles. The average molecular weight is 211 g/mol. The van der Waals surface area contributed by atoms with Crippen molar-refractivity contribution in [3.05, 3.63) is 34.9 Å². The molecule has 0 saturated carbocycles. The van der Waals surface area contributed by atoms with Crippen LogP contribution in [0, 0.1) is 0 Å². The number of halogens is 1. The number of nitrogens with zero attached hydrogens (tertiary/aromatic N) is 1. The molecule has 74 valence electrons. The van der Waals surface area contributed by atoms with Gasteiger partial charge in [0.2, 0.25) is 0 Å². The molecule has 14 heavy (non-hydrogen) atoms. The minimum Gasteiger partial charge on any atom is -0.336 e. The van der Waals surface area contributed by atoms with Gasteiger partial charge in [0.05, 0.1) is 6.04 Å². The van der Waals surface area contributed by atoms with E-state index in [9.17, 15) is 4.79 Å². The molecule has 1 atom stereocenters. The summed E-state index contributed by atoms with van der Waals surface area (Å²) < 4.78 is 0. The van der Waals surface area contributed by atoms with Gasteiger partial charge in [-0.3, -0.25) is 0 Å². The first kappa shape index (κ1) is 9.34. The zero-order valence-corrected chi connectivity index (χ0v) is 8.58. The van der Waals surface area contributed by atoms with E-state index in [0.29, 0.717) is 11.6 Å². The van der Waals surface area contributed by atoms with E-state index in [0.717, 1.165) is 5.56 Å². The van der Waals surface area contributed by atoms with Crippen LogP contribution in [0.5, 0.6) is 0 Å². The number of likely N-dealkylation sites (N-methyl/N-ethyl adjacent to an activating group) is 1. The number of carbonyl (C=O) groups excluding carboxylic acids is 1. The summed E-state index contributed by atoms with van der Waals surface area (Å²) in [4.78, 5) is 12.9. The van der Waals surface area contributed by atoms with Crippen molar-refractivity contribution < 1.29 is 4.79 Å². The second-order valence-electron chi connectivity index (χ2n) is 3.36. The van der Waals surface area contributed by atoms with Gasteiger partial charge in [-0.05, 0) is 17.7 Å². The van der Waals surface area contributed by atoms with E-state index in [2.05, 4.69) is 5.32 Å². The van der Waals surface area contributed by atoms with E-state index in [1.807, 2.05) is 24.3 Å². The van der Waals surface area contributed by atoms with E-state index in [1.54, 1.807) is 11.9 Å². The molecule has 1 aromatic rings. The molecule has 1 unspecified atom stereocenters. The zero-order chi connectivity index (χ0) is 10.1. The molecule has 0 bridgehead atoms. The lowest BCUT2D eigenvalue weighted by Gasteiger charge is -2.17. The van der Waals surface area contributed by atoms with Gasteiger partial charge >= 0.3 is 6.03 Å². The van der Waals surface area contributed by atoms with Gasteiger partial charge in [-0.2, -0.15) is 0 Å². The maximum Gasteiger partial charge on any atom is 0.317 e. The van der Waals surface area contributed by atoms with E-state index in [4.69, 9.17) is 11.6 Å². The second-order valence-corrected chi connectivity index (χ2v) is 3.80. The maximum atomic E-state index is 11.2. The summed E-state index contributed by atoms with van der Waals surface area (Å²) in [6.07, 6.45) is 0. The van der Waals surface area contributed by atoms with Crippen molar-refractivity contribution in [2.75, 3.05) is 13.6 Å². The predicted molar refractivity (Wildman–Crippen MR) is 55.4 cm³/mol. The third-order valence-electron chi connectivity index (χ3n) is 2.49. The van der Waals surface area contributed by atoms with Gasteiger partial charge in [-0.1, -0.05) is 23.7 Å². The van der Waals surface area contributed by atoms with E-state index < -0.39 is 0 Å². The molecule has 1 saturated heterocycles. The van der Waals surface area contributed by atoms with Gasteiger partial charge in [0.15, 0.2) is 0 Å². The summed E-state index contributed by atoms with van der Waals surface area (Å²) in [5.74, 6) is 0. The fourth-order valence-corrected chi connectivity index (χ4v) is 1.74. The number of benzene rings is 1. The Hall–Kier alpha value is -1.22. The number of hydrogen-bond acceptors (Lipinski definition) is 1. The minimum atomic E-state index is -0.0232. The standard InChI is InChI=1S/C10H11ClN2O/c1-13-9(6-12-10(13)14)7-2-4-8(11)5-3-7/h2-5,9H,6H2,1H3,(H,12,14). The number of rotatable bonds is 1. The Bertz CT molecular complexity index is 350. The summed E-state index contributed by atoms with van der Waals surface area (Å²) >= 11 is 5.79. The van der Waals surface area contributed by atoms with Crippen LogP contribution in [0.15, 0.2) is 24.3 Å². The molecular weight excluding hydrogens is 200 g/mol. The molecule has 1 aliphatic heterocycles. The van der Waals surface area contributed by atoms with Gasteiger partial charge < -0.3 is 10.2 Å². The highest BCUT2D eigenvalue weighted by molar-refractivity contribution is 6.30. The Labute approximate surface area is 87.7 Å². The van der Waals surface area contributed by atoms with Crippen LogP contribution in [0.2, 0.25) is 5.02 Å². The summed E-state index contributed by atoms with van der Waals surface area (Å²) in [7, 11) is 1.79. The van der Waals surface area contributed by atoms with Crippen molar-refractivity contribution in [1.29, 1.82) is 0 Å². The van der Waals surface area contributed by atoms with Crippen molar-refractivity contribution in [1.82, 2.24) is 10.2 Å². The molecule has 1 aliphatic rings. The van der Waals surface area contributed by atoms with Gasteiger partial charge in [-0.25, -0.2) is 4.79 Å². The molecule has 0 aliphatic carbocycles. The number of hydrogen-bond donors (Lipinski definition) is 1. The second kappa shape index (κ2) is 3.50. The summed E-state index contributed by atoms with van der Waals surface area (Å²) in [6, 6.07) is 7.68. The van der Waals surface area contributed by atoms with Crippen LogP contribution in [-0.2, 0) is 0 Å². The van der Waals surface area contributed by atoms with Gasteiger partial charge in [-0.15, -0.1) is 0 Å². The number of nitrogens with one attached hydrogen (secondary N) is 1. The zero-order valence-electron chi connectivity index (χ0n) is 7.83. The summed E-state index contributed by atoms with van der Waals surface area (Å²) in [5.41, 5.74) is 1.11. The summed E-state index contributed by atoms with van der Waals surface area (Å²) in [6.45, 7) is 0.664. The Kier molecular flexibility index (Phi) is 2.33. The quantitative estimate of drug-likeness (QED) is 0.756. The monoisotopic (exact) mass is 210 g/mol. The molecule has 1 fully saturated rings. The van der Waals surface area contributed by atoms with Gasteiger partial charge in [0.1, 0.15) is 0 Å². The number of amides is 2. The van der Waals surface area contributed by atoms with Gasteiger partial charge in [0.25, 0.3) is 0 Å². The lowest BCUT2D eigenvalue weighted by molar-refractivity contribution is 0.217. The smallest absolute Gasteiger partial charge is 0.317 e. The molecule has 1 heterocycles. The first-order chi connectivity index (χ1) is 6.68. The first-order valence-electron chi connectivity index (χ1n) is 4.44. The first-order valence-corrected chi connectivity index (χ1v) is 4.82. The van der Waals surface area contributed by atoms with Crippen molar-refractivity contribution in [2.45, 2.75) is 6.04 Å². The van der Waals surface area contributed by atoms with Crippen LogP contribution >= 0.6 is 11.6 Å². The van der Waals surface area contributed by atoms with Crippen LogP contribution < -0.4 is 5.32 Å². The third kappa shape index (κ3) is 1.55. The van der Waals surface area contributed by atoms with Crippen LogP contribution in [0.4, 0.5) is 4.79 Å². The normalized spacial score (nSPS) is 21.1. The van der Waals surface area contributed by atoms with Crippen LogP contribution in [0.3, 0.4) is 0 Å². The van der Waals surface area contributed by atoms with E-state index >= 15 is 0 Å². The highest BCUT2D eigenvalue weighted by atomic mass is 35.5. The molecule has 1 N–H and O–H groups in total. The Balaban J connectivity index is 2.23. The molecule has 3 nitrogen and oxygen atoms in total. The Morgan fingerprint density at radius 3 is 2.57 bits per heavy atom. The highest BCUT2D eigenvalue weighted by Crippen LogP contribution is 2.23. The van der Waals surface area contributed by atoms with Crippen LogP contribution in [-0.4, -0.2) is 24.5 Å². The average Bonchev–Trinajstić information content (AvgIpc) is 2.50. The molecule has 2 amide bonds. The predicted octanol–water partition coefficient (Wildman–Crippen LogP) is 2.04. The molecular formula is C10H11ClN2O. The molecule has 2 rings (SSSR count). The number of urea groups is 1. The molecule has 0 spiro atoms. The lowest BCUT2D eigenvalue weighted by atomic mass is 10.1. The molecule has 0 radical (unpaired) electrons. The van der Waals surface area contributed by atoms with Gasteiger partial charge in [0, 0.05) is 18.6 Å². The van der Waals surface area contributed by atoms with Crippen molar-refractivity contribution in [3.63, 3.8) is 0 Å². The fraction of sp³-hybridized carbons (Fsp3) is 0.300. The topological polar surface area (TPSA) is 32.3 Å². The Morgan fingerprint density at radius 1 is 1.43 bits per heavy atom. The van der Waals surface area contributed by atoms with E-state index in [-0.39, 0.29) is 12.1 Å². The third-order valence-corrected chi connectivity index (χ3v) is 2.74. The van der Waals surface area contributed by atoms with E-state index in [1.165, 1.54) is 0 Å². The van der Waals surface area contributed by atoms with Crippen molar-refractivity contribution in [3.8, 4) is 0 Å². The summed E-state index contributed by atoms with van der Waals surface area (Å²) in [5, 5.41) is 3.50. The SMILES string of the molecule is CN1C(=O)NCC1c1ccc(Cl)cc1. The van der Waals surface area contributed by atoms with Crippen LogP contribution in [0.25, 0.3) is 0 Å². The minimum absolute atomic E-state index is 0.0232. The van der Waals surface area contributed by atoms with Crippen LogP contribution in [0.1, 0.15) is 11.6 Å².